The van der Waals surface area contributed by atoms with Gasteiger partial charge in [0.1, 0.15) is 5.75 Å². The second kappa shape index (κ2) is 8.78. The number of fused-ring (bicyclic) bond motifs is 1. The Hall–Kier alpha value is -2.34. The van der Waals surface area contributed by atoms with Crippen LogP contribution in [0.1, 0.15) is 55.5 Å². The van der Waals surface area contributed by atoms with E-state index < -0.39 is 0 Å². The minimum atomic E-state index is -0.0299. The number of carbonyl (C=O) groups excluding carboxylic acids is 1. The molecule has 6 nitrogen and oxygen atoms in total. The molecule has 0 atom stereocenters. The van der Waals surface area contributed by atoms with Crippen molar-refractivity contribution >= 4 is 5.91 Å². The molecule has 6 heteroatoms. The maximum atomic E-state index is 12.2. The molecule has 2 heterocycles. The molecule has 1 aliphatic heterocycles. The summed E-state index contributed by atoms with van der Waals surface area (Å²) in [6.45, 7) is 3.55. The Labute approximate surface area is 166 Å². The Morgan fingerprint density at radius 3 is 2.68 bits per heavy atom. The summed E-state index contributed by atoms with van der Waals surface area (Å²) in [6, 6.07) is 9.63. The van der Waals surface area contributed by atoms with E-state index in [0.29, 0.717) is 13.0 Å². The summed E-state index contributed by atoms with van der Waals surface area (Å²) in [7, 11) is 0. The maximum Gasteiger partial charge on any atom is 0.224 e. The second-order valence-electron chi connectivity index (χ2n) is 8.09. The van der Waals surface area contributed by atoms with Crippen LogP contribution in [0, 0.1) is 0 Å². The highest BCUT2D eigenvalue weighted by Crippen LogP contribution is 2.26. The van der Waals surface area contributed by atoms with Crippen molar-refractivity contribution in [1.29, 1.82) is 0 Å². The third-order valence-corrected chi connectivity index (χ3v) is 5.95. The number of benzene rings is 1. The number of hydrogen-bond acceptors (Lipinski definition) is 4. The molecule has 1 aliphatic carbocycles. The average Bonchev–Trinajstić information content (AvgIpc) is 2.99. The zero-order valence-corrected chi connectivity index (χ0v) is 16.4. The fraction of sp³-hybridized carbons (Fsp3) is 0.545. The molecular weight excluding hydrogens is 352 g/mol. The summed E-state index contributed by atoms with van der Waals surface area (Å²) in [5, 5.41) is 17.0. The van der Waals surface area contributed by atoms with Crippen molar-refractivity contribution in [3.8, 4) is 5.75 Å². The first-order valence-corrected chi connectivity index (χ1v) is 10.5. The normalized spacial score (nSPS) is 18.4. The molecule has 0 radical (unpaired) electrons. The molecule has 0 saturated heterocycles. The minimum absolute atomic E-state index is 0.0299. The smallest absolute Gasteiger partial charge is 0.224 e. The van der Waals surface area contributed by atoms with Crippen LogP contribution in [0.5, 0.6) is 5.75 Å². The Morgan fingerprint density at radius 2 is 1.89 bits per heavy atom. The van der Waals surface area contributed by atoms with Gasteiger partial charge >= 0.3 is 0 Å². The number of aromatic hydroxyl groups is 1. The standard InChI is InChI=1S/C22H30N4O2/c27-21-9-7-17(8-10-21)13-22(28)23-15-18-14-20-16-25(11-4-12-26(20)24-18)19-5-2-1-3-6-19/h7-10,14,19,27H,1-6,11-13,15-16H2,(H,23,28). The lowest BCUT2D eigenvalue weighted by atomic mass is 9.94. The number of nitrogens with one attached hydrogen (secondary N) is 1. The number of phenols is 1. The van der Waals surface area contributed by atoms with Gasteiger partial charge in [0.25, 0.3) is 0 Å². The Kier molecular flexibility index (Phi) is 5.95. The molecule has 0 spiro atoms. The first-order chi connectivity index (χ1) is 13.7. The first kappa shape index (κ1) is 19.0. The van der Waals surface area contributed by atoms with Crippen molar-refractivity contribution in [2.24, 2.45) is 0 Å². The number of carbonyl (C=O) groups is 1. The van der Waals surface area contributed by atoms with E-state index in [4.69, 9.17) is 5.10 Å². The van der Waals surface area contributed by atoms with Crippen LogP contribution in [0.25, 0.3) is 0 Å². The van der Waals surface area contributed by atoms with Crippen LogP contribution in [-0.4, -0.2) is 38.3 Å². The van der Waals surface area contributed by atoms with Gasteiger partial charge in [0, 0.05) is 25.7 Å². The van der Waals surface area contributed by atoms with E-state index in [0.717, 1.165) is 43.4 Å². The second-order valence-corrected chi connectivity index (χ2v) is 8.09. The van der Waals surface area contributed by atoms with E-state index in [1.807, 2.05) is 0 Å². The minimum Gasteiger partial charge on any atom is -0.508 e. The molecule has 2 N–H and O–H groups in total. The number of nitrogens with zero attached hydrogens (tertiary/aromatic N) is 3. The van der Waals surface area contributed by atoms with Gasteiger partial charge in [-0.15, -0.1) is 0 Å². The summed E-state index contributed by atoms with van der Waals surface area (Å²) in [4.78, 5) is 14.9. The predicted octanol–water partition coefficient (Wildman–Crippen LogP) is 2.99. The summed E-state index contributed by atoms with van der Waals surface area (Å²) in [5.41, 5.74) is 3.09. The molecule has 1 amide bonds. The molecule has 1 aromatic heterocycles. The van der Waals surface area contributed by atoms with Crippen LogP contribution in [-0.2, 0) is 30.8 Å². The highest BCUT2D eigenvalue weighted by atomic mass is 16.3. The molecule has 1 fully saturated rings. The fourth-order valence-corrected chi connectivity index (χ4v) is 4.44. The van der Waals surface area contributed by atoms with Crippen LogP contribution in [0.2, 0.25) is 0 Å². The van der Waals surface area contributed by atoms with E-state index in [1.54, 1.807) is 24.3 Å². The summed E-state index contributed by atoms with van der Waals surface area (Å²) in [6.07, 6.45) is 8.21. The molecule has 1 aromatic carbocycles. The molecule has 150 valence electrons. The highest BCUT2D eigenvalue weighted by Gasteiger charge is 2.24. The summed E-state index contributed by atoms with van der Waals surface area (Å²) in [5.74, 6) is 0.184. The monoisotopic (exact) mass is 382 g/mol. The van der Waals surface area contributed by atoms with E-state index in [9.17, 15) is 9.90 Å². The Morgan fingerprint density at radius 1 is 1.11 bits per heavy atom. The first-order valence-electron chi connectivity index (χ1n) is 10.5. The SMILES string of the molecule is O=C(Cc1ccc(O)cc1)NCc1cc2n(n1)CCCN(C1CCCCC1)C2. The van der Waals surface area contributed by atoms with Gasteiger partial charge in [-0.1, -0.05) is 31.4 Å². The fourth-order valence-electron chi connectivity index (χ4n) is 4.44. The highest BCUT2D eigenvalue weighted by molar-refractivity contribution is 5.78. The van der Waals surface area contributed by atoms with Crippen LogP contribution in [0.4, 0.5) is 0 Å². The van der Waals surface area contributed by atoms with Gasteiger partial charge in [0.15, 0.2) is 0 Å². The lowest BCUT2D eigenvalue weighted by Gasteiger charge is -2.33. The van der Waals surface area contributed by atoms with Crippen molar-refractivity contribution in [3.05, 3.63) is 47.3 Å². The number of rotatable bonds is 5. The molecule has 28 heavy (non-hydrogen) atoms. The third kappa shape index (κ3) is 4.73. The van der Waals surface area contributed by atoms with Crippen molar-refractivity contribution in [2.45, 2.75) is 70.6 Å². The van der Waals surface area contributed by atoms with Gasteiger partial charge < -0.3 is 10.4 Å². The van der Waals surface area contributed by atoms with Crippen LogP contribution in [0.15, 0.2) is 30.3 Å². The van der Waals surface area contributed by atoms with Gasteiger partial charge in [-0.25, -0.2) is 0 Å². The van der Waals surface area contributed by atoms with Crippen molar-refractivity contribution in [3.63, 3.8) is 0 Å². The van der Waals surface area contributed by atoms with Crippen LogP contribution >= 0.6 is 0 Å². The molecule has 0 bridgehead atoms. The number of hydrogen-bond donors (Lipinski definition) is 2. The Bertz CT molecular complexity index is 793. The molecular formula is C22H30N4O2. The molecule has 2 aromatic rings. The molecule has 2 aliphatic rings. The van der Waals surface area contributed by atoms with Gasteiger partial charge in [-0.2, -0.15) is 5.10 Å². The largest absolute Gasteiger partial charge is 0.508 e. The topological polar surface area (TPSA) is 70.4 Å². The predicted molar refractivity (Wildman–Crippen MR) is 108 cm³/mol. The summed E-state index contributed by atoms with van der Waals surface area (Å²) < 4.78 is 2.13. The average molecular weight is 383 g/mol. The van der Waals surface area contributed by atoms with Gasteiger partial charge in [-0.05, 0) is 43.0 Å². The number of aromatic nitrogens is 2. The van der Waals surface area contributed by atoms with Crippen molar-refractivity contribution in [2.75, 3.05) is 6.54 Å². The Balaban J connectivity index is 1.33. The number of amides is 1. The zero-order valence-electron chi connectivity index (χ0n) is 16.4. The lowest BCUT2D eigenvalue weighted by Crippen LogP contribution is -2.36. The van der Waals surface area contributed by atoms with Crippen LogP contribution in [0.3, 0.4) is 0 Å². The van der Waals surface area contributed by atoms with E-state index in [2.05, 4.69) is 21.0 Å². The van der Waals surface area contributed by atoms with E-state index >= 15 is 0 Å². The van der Waals surface area contributed by atoms with E-state index in [1.165, 1.54) is 37.8 Å². The van der Waals surface area contributed by atoms with Gasteiger partial charge in [0.2, 0.25) is 5.91 Å². The lowest BCUT2D eigenvalue weighted by molar-refractivity contribution is -0.120. The van der Waals surface area contributed by atoms with Crippen LogP contribution < -0.4 is 5.32 Å². The van der Waals surface area contributed by atoms with Crippen molar-refractivity contribution in [1.82, 2.24) is 20.0 Å². The van der Waals surface area contributed by atoms with E-state index in [-0.39, 0.29) is 11.7 Å². The van der Waals surface area contributed by atoms with Gasteiger partial charge in [-0.3, -0.25) is 14.4 Å². The molecule has 4 rings (SSSR count). The third-order valence-electron chi connectivity index (χ3n) is 5.95. The molecule has 1 saturated carbocycles. The van der Waals surface area contributed by atoms with Gasteiger partial charge in [0.05, 0.1) is 24.4 Å². The van der Waals surface area contributed by atoms with Crippen molar-refractivity contribution < 1.29 is 9.90 Å². The summed E-state index contributed by atoms with van der Waals surface area (Å²) >= 11 is 0. The molecule has 0 unspecified atom stereocenters. The maximum absolute atomic E-state index is 12.2. The quantitative estimate of drug-likeness (QED) is 0.834. The number of aryl methyl sites for hydroxylation is 1. The number of phenolic OH excluding ortho intramolecular Hbond substituents is 1. The zero-order chi connectivity index (χ0) is 19.3.